The van der Waals surface area contributed by atoms with E-state index in [1.54, 1.807) is 0 Å². The van der Waals surface area contributed by atoms with Gasteiger partial charge in [0.25, 0.3) is 0 Å². The Morgan fingerprint density at radius 2 is 1.75 bits per heavy atom. The van der Waals surface area contributed by atoms with Crippen molar-refractivity contribution in [2.75, 3.05) is 6.54 Å². The molecule has 2 aromatic carbocycles. The first-order chi connectivity index (χ1) is 11.3. The molecular weight excluding hydrogens is 339 g/mol. The van der Waals surface area contributed by atoms with Gasteiger partial charge in [0.15, 0.2) is 0 Å². The lowest BCUT2D eigenvalue weighted by Crippen LogP contribution is -2.14. The molecule has 0 unspecified atom stereocenters. The number of halogens is 2. The van der Waals surface area contributed by atoms with Crippen molar-refractivity contribution in [1.82, 2.24) is 9.88 Å². The highest BCUT2D eigenvalue weighted by atomic mass is 35.5. The van der Waals surface area contributed by atoms with E-state index in [1.807, 2.05) is 18.2 Å². The zero-order chi connectivity index (χ0) is 16.1. The van der Waals surface area contributed by atoms with Crippen LogP contribution in [0.3, 0.4) is 0 Å². The number of aromatic nitrogens is 1. The van der Waals surface area contributed by atoms with Crippen LogP contribution in [0.25, 0.3) is 10.9 Å². The van der Waals surface area contributed by atoms with Crippen LogP contribution < -0.4 is 5.32 Å². The average molecular weight is 363 g/mol. The third-order valence-corrected chi connectivity index (χ3v) is 4.56. The molecule has 0 amide bonds. The van der Waals surface area contributed by atoms with Crippen LogP contribution in [0.1, 0.15) is 30.9 Å². The van der Waals surface area contributed by atoms with E-state index in [-0.39, 0.29) is 12.4 Å². The summed E-state index contributed by atoms with van der Waals surface area (Å²) in [5, 5.41) is 5.69. The number of rotatable bonds is 7. The molecular formula is C20H24Cl2N2. The highest BCUT2D eigenvalue weighted by Crippen LogP contribution is 2.24. The Labute approximate surface area is 155 Å². The van der Waals surface area contributed by atoms with Crippen molar-refractivity contribution in [3.8, 4) is 0 Å². The number of nitrogens with zero attached hydrogens (tertiary/aromatic N) is 1. The van der Waals surface area contributed by atoms with Gasteiger partial charge in [0.1, 0.15) is 0 Å². The van der Waals surface area contributed by atoms with Gasteiger partial charge in [0.2, 0.25) is 0 Å². The fourth-order valence-corrected chi connectivity index (χ4v) is 3.12. The maximum Gasteiger partial charge on any atom is 0.0491 e. The van der Waals surface area contributed by atoms with Gasteiger partial charge in [-0.3, -0.25) is 0 Å². The van der Waals surface area contributed by atoms with Crippen LogP contribution >= 0.6 is 24.0 Å². The van der Waals surface area contributed by atoms with E-state index in [0.29, 0.717) is 0 Å². The molecule has 3 aromatic rings. The lowest BCUT2D eigenvalue weighted by molar-refractivity contribution is 0.641. The minimum absolute atomic E-state index is 0. The Morgan fingerprint density at radius 3 is 2.54 bits per heavy atom. The molecule has 0 spiro atoms. The fourth-order valence-electron chi connectivity index (χ4n) is 2.93. The van der Waals surface area contributed by atoms with Gasteiger partial charge < -0.3 is 9.88 Å². The molecule has 2 nitrogen and oxygen atoms in total. The molecule has 4 heteroatoms. The van der Waals surface area contributed by atoms with E-state index in [2.05, 4.69) is 53.3 Å². The Hall–Kier alpha value is -1.48. The van der Waals surface area contributed by atoms with Crippen molar-refractivity contribution in [1.29, 1.82) is 0 Å². The summed E-state index contributed by atoms with van der Waals surface area (Å²) >= 11 is 6.32. The maximum atomic E-state index is 6.32. The quantitative estimate of drug-likeness (QED) is 0.537. The Balaban J connectivity index is 0.00000208. The predicted molar refractivity (Wildman–Crippen MR) is 106 cm³/mol. The number of unbranched alkanes of at least 4 members (excludes halogenated alkanes) is 1. The second-order valence-corrected chi connectivity index (χ2v) is 6.33. The number of fused-ring (bicyclic) bond motifs is 1. The first-order valence-corrected chi connectivity index (χ1v) is 8.68. The normalized spacial score (nSPS) is 10.8. The summed E-state index contributed by atoms with van der Waals surface area (Å²) in [5.41, 5.74) is 3.77. The molecule has 0 saturated carbocycles. The van der Waals surface area contributed by atoms with Crippen LogP contribution in [0.2, 0.25) is 5.02 Å². The lowest BCUT2D eigenvalue weighted by Gasteiger charge is -2.07. The van der Waals surface area contributed by atoms with Gasteiger partial charge in [-0.1, -0.05) is 61.3 Å². The zero-order valence-electron chi connectivity index (χ0n) is 14.0. The van der Waals surface area contributed by atoms with Crippen molar-refractivity contribution in [2.24, 2.45) is 0 Å². The molecule has 0 aliphatic heterocycles. The molecule has 3 rings (SSSR count). The van der Waals surface area contributed by atoms with Crippen molar-refractivity contribution in [3.63, 3.8) is 0 Å². The number of nitrogens with one attached hydrogen (secondary N) is 1. The van der Waals surface area contributed by atoms with Crippen LogP contribution in [-0.4, -0.2) is 11.1 Å². The molecule has 1 N–H and O–H groups in total. The average Bonchev–Trinajstić information content (AvgIpc) is 2.92. The summed E-state index contributed by atoms with van der Waals surface area (Å²) < 4.78 is 2.30. The Morgan fingerprint density at radius 1 is 1.00 bits per heavy atom. The van der Waals surface area contributed by atoms with Gasteiger partial charge in [-0.05, 0) is 36.2 Å². The first kappa shape index (κ1) is 18.9. The first-order valence-electron chi connectivity index (χ1n) is 8.30. The minimum Gasteiger partial charge on any atom is -0.343 e. The number of para-hydroxylation sites is 1. The van der Waals surface area contributed by atoms with Gasteiger partial charge in [-0.15, -0.1) is 12.4 Å². The van der Waals surface area contributed by atoms with Crippen LogP contribution in [0.4, 0.5) is 0 Å². The molecule has 1 aromatic heterocycles. The second kappa shape index (κ2) is 9.12. The van der Waals surface area contributed by atoms with E-state index in [0.717, 1.165) is 30.2 Å². The summed E-state index contributed by atoms with van der Waals surface area (Å²) in [6.07, 6.45) is 4.70. The Bertz CT molecular complexity index is 780. The van der Waals surface area contributed by atoms with Gasteiger partial charge in [-0.25, -0.2) is 0 Å². The molecule has 0 saturated heterocycles. The van der Waals surface area contributed by atoms with Gasteiger partial charge in [0, 0.05) is 35.2 Å². The van der Waals surface area contributed by atoms with Gasteiger partial charge in [0.05, 0.1) is 0 Å². The smallest absolute Gasteiger partial charge is 0.0491 e. The fraction of sp³-hybridized carbons (Fsp3) is 0.300. The van der Waals surface area contributed by atoms with Gasteiger partial charge in [-0.2, -0.15) is 0 Å². The molecule has 0 fully saturated rings. The summed E-state index contributed by atoms with van der Waals surface area (Å²) in [6.45, 7) is 5.00. The van der Waals surface area contributed by atoms with Crippen molar-refractivity contribution >= 4 is 34.9 Å². The zero-order valence-corrected chi connectivity index (χ0v) is 15.5. The van der Waals surface area contributed by atoms with E-state index < -0.39 is 0 Å². The monoisotopic (exact) mass is 362 g/mol. The standard InChI is InChI=1S/C20H23ClN2.ClH/c1-2-3-12-22-13-17-15-23(20-11-7-5-9-18(17)20)14-16-8-4-6-10-19(16)21;/h4-11,15,22H,2-3,12-14H2,1H3;1H. The summed E-state index contributed by atoms with van der Waals surface area (Å²) in [7, 11) is 0. The van der Waals surface area contributed by atoms with Crippen LogP contribution in [-0.2, 0) is 13.1 Å². The number of benzene rings is 2. The summed E-state index contributed by atoms with van der Waals surface area (Å²) in [6, 6.07) is 16.7. The van der Waals surface area contributed by atoms with Crippen LogP contribution in [0.15, 0.2) is 54.7 Å². The third kappa shape index (κ3) is 4.32. The molecule has 0 bridgehead atoms. The van der Waals surface area contributed by atoms with Gasteiger partial charge >= 0.3 is 0 Å². The van der Waals surface area contributed by atoms with E-state index in [9.17, 15) is 0 Å². The second-order valence-electron chi connectivity index (χ2n) is 5.92. The highest BCUT2D eigenvalue weighted by Gasteiger charge is 2.09. The lowest BCUT2D eigenvalue weighted by atomic mass is 10.2. The molecule has 0 aliphatic carbocycles. The molecule has 0 aliphatic rings. The summed E-state index contributed by atoms with van der Waals surface area (Å²) in [4.78, 5) is 0. The van der Waals surface area contributed by atoms with Crippen molar-refractivity contribution in [3.05, 3.63) is 70.9 Å². The van der Waals surface area contributed by atoms with Crippen molar-refractivity contribution < 1.29 is 0 Å². The Kier molecular flexibility index (Phi) is 7.16. The molecule has 1 heterocycles. The summed E-state index contributed by atoms with van der Waals surface area (Å²) in [5.74, 6) is 0. The van der Waals surface area contributed by atoms with E-state index in [1.165, 1.54) is 29.3 Å². The van der Waals surface area contributed by atoms with E-state index in [4.69, 9.17) is 11.6 Å². The van der Waals surface area contributed by atoms with Crippen LogP contribution in [0.5, 0.6) is 0 Å². The number of hydrogen-bond donors (Lipinski definition) is 1. The van der Waals surface area contributed by atoms with Crippen molar-refractivity contribution in [2.45, 2.75) is 32.9 Å². The topological polar surface area (TPSA) is 17.0 Å². The third-order valence-electron chi connectivity index (χ3n) is 4.19. The minimum atomic E-state index is 0. The highest BCUT2D eigenvalue weighted by molar-refractivity contribution is 6.31. The molecule has 128 valence electrons. The molecule has 0 atom stereocenters. The maximum absolute atomic E-state index is 6.32. The van der Waals surface area contributed by atoms with Crippen LogP contribution in [0, 0.1) is 0 Å². The largest absolute Gasteiger partial charge is 0.343 e. The number of hydrogen-bond acceptors (Lipinski definition) is 1. The SMILES string of the molecule is CCCCNCc1cn(Cc2ccccc2Cl)c2ccccc12.Cl. The van der Waals surface area contributed by atoms with E-state index >= 15 is 0 Å². The molecule has 0 radical (unpaired) electrons. The predicted octanol–water partition coefficient (Wildman–Crippen LogP) is 5.65. The molecule has 24 heavy (non-hydrogen) atoms.